The zero-order valence-corrected chi connectivity index (χ0v) is 14.8. The monoisotopic (exact) mass is 359 g/mol. The van der Waals surface area contributed by atoms with Crippen LogP contribution in [0.1, 0.15) is 6.42 Å². The maximum Gasteiger partial charge on any atom is 0.258 e. The Morgan fingerprint density at radius 1 is 1.16 bits per heavy atom. The third kappa shape index (κ3) is 6.84. The molecule has 25 heavy (non-hydrogen) atoms. The molecule has 2 aromatic rings. The molecule has 1 aromatic carbocycles. The predicted octanol–water partition coefficient (Wildman–Crippen LogP) is 2.34. The Labute approximate surface area is 151 Å². The number of carbonyl (C=O) groups excluding carboxylic acids is 2. The number of rotatable bonds is 9. The van der Waals surface area contributed by atoms with E-state index in [1.165, 1.54) is 0 Å². The number of para-hydroxylation sites is 1. The zero-order valence-electron chi connectivity index (χ0n) is 14.0. The summed E-state index contributed by atoms with van der Waals surface area (Å²) in [7, 11) is 0. The first-order valence-corrected chi connectivity index (χ1v) is 9.25. The van der Waals surface area contributed by atoms with Gasteiger partial charge in [-0.1, -0.05) is 18.2 Å². The summed E-state index contributed by atoms with van der Waals surface area (Å²) in [6.45, 7) is -0.137. The zero-order chi connectivity index (χ0) is 17.9. The number of thioether (sulfide) groups is 1. The fourth-order valence-corrected chi connectivity index (χ4v) is 2.54. The smallest absolute Gasteiger partial charge is 0.258 e. The van der Waals surface area contributed by atoms with Crippen molar-refractivity contribution in [3.63, 3.8) is 0 Å². The van der Waals surface area contributed by atoms with Crippen LogP contribution in [-0.2, 0) is 9.59 Å². The van der Waals surface area contributed by atoms with Gasteiger partial charge in [0.1, 0.15) is 11.8 Å². The number of anilines is 1. The molecule has 0 aliphatic heterocycles. The van der Waals surface area contributed by atoms with E-state index in [0.29, 0.717) is 17.9 Å². The largest absolute Gasteiger partial charge is 0.484 e. The fraction of sp³-hybridized carbons (Fsp3) is 0.278. The number of hydrogen-bond acceptors (Lipinski definition) is 5. The van der Waals surface area contributed by atoms with Crippen molar-refractivity contribution in [3.05, 3.63) is 54.9 Å². The second-order valence-corrected chi connectivity index (χ2v) is 6.21. The number of nitrogens with one attached hydrogen (secondary N) is 2. The van der Waals surface area contributed by atoms with Gasteiger partial charge in [0.15, 0.2) is 6.61 Å². The Balaban J connectivity index is 1.89. The van der Waals surface area contributed by atoms with Crippen molar-refractivity contribution in [1.29, 1.82) is 0 Å². The maximum absolute atomic E-state index is 12.4. The van der Waals surface area contributed by atoms with E-state index in [4.69, 9.17) is 4.74 Å². The van der Waals surface area contributed by atoms with Crippen LogP contribution in [0.25, 0.3) is 0 Å². The first kappa shape index (κ1) is 18.8. The molecule has 0 spiro atoms. The van der Waals surface area contributed by atoms with Gasteiger partial charge in [0, 0.05) is 18.1 Å². The lowest BCUT2D eigenvalue weighted by Crippen LogP contribution is -2.45. The highest BCUT2D eigenvalue weighted by molar-refractivity contribution is 7.98. The Bertz CT molecular complexity index is 668. The van der Waals surface area contributed by atoms with Gasteiger partial charge < -0.3 is 15.4 Å². The van der Waals surface area contributed by atoms with Crippen LogP contribution in [0.5, 0.6) is 5.75 Å². The van der Waals surface area contributed by atoms with Crippen molar-refractivity contribution in [2.75, 3.05) is 23.9 Å². The fourth-order valence-electron chi connectivity index (χ4n) is 2.07. The van der Waals surface area contributed by atoms with Gasteiger partial charge in [0.05, 0.1) is 0 Å². The van der Waals surface area contributed by atoms with E-state index in [1.807, 2.05) is 24.5 Å². The van der Waals surface area contributed by atoms with Crippen LogP contribution >= 0.6 is 11.8 Å². The summed E-state index contributed by atoms with van der Waals surface area (Å²) in [5, 5.41) is 5.52. The predicted molar refractivity (Wildman–Crippen MR) is 99.7 cm³/mol. The average Bonchev–Trinajstić information content (AvgIpc) is 2.65. The molecule has 0 fully saturated rings. The third-order valence-electron chi connectivity index (χ3n) is 3.32. The van der Waals surface area contributed by atoms with Crippen LogP contribution in [0.4, 0.5) is 5.69 Å². The average molecular weight is 359 g/mol. The van der Waals surface area contributed by atoms with Gasteiger partial charge in [-0.05, 0) is 42.7 Å². The summed E-state index contributed by atoms with van der Waals surface area (Å²) in [5.74, 6) is 0.779. The lowest BCUT2D eigenvalue weighted by Gasteiger charge is -2.18. The summed E-state index contributed by atoms with van der Waals surface area (Å²) in [6.07, 6.45) is 5.69. The second kappa shape index (κ2) is 10.4. The van der Waals surface area contributed by atoms with Gasteiger partial charge in [-0.3, -0.25) is 14.6 Å². The number of ether oxygens (including phenoxy) is 1. The van der Waals surface area contributed by atoms with Crippen molar-refractivity contribution in [1.82, 2.24) is 10.3 Å². The molecule has 132 valence electrons. The molecule has 0 saturated heterocycles. The van der Waals surface area contributed by atoms with Gasteiger partial charge >= 0.3 is 0 Å². The molecule has 0 bridgehead atoms. The number of benzene rings is 1. The summed E-state index contributed by atoms with van der Waals surface area (Å²) in [4.78, 5) is 28.5. The second-order valence-electron chi connectivity index (χ2n) is 5.23. The van der Waals surface area contributed by atoms with E-state index in [-0.39, 0.29) is 18.4 Å². The maximum atomic E-state index is 12.4. The van der Waals surface area contributed by atoms with E-state index in [9.17, 15) is 9.59 Å². The molecule has 7 heteroatoms. The van der Waals surface area contributed by atoms with Crippen LogP contribution in [-0.4, -0.2) is 41.5 Å². The SMILES string of the molecule is CSCCC(NC(=O)COc1ccccc1)C(=O)Nc1ccncc1. The minimum atomic E-state index is -0.618. The van der Waals surface area contributed by atoms with Gasteiger partial charge in [0.2, 0.25) is 5.91 Å². The Hall–Kier alpha value is -2.54. The molecule has 2 rings (SSSR count). The van der Waals surface area contributed by atoms with Crippen LogP contribution < -0.4 is 15.4 Å². The summed E-state index contributed by atoms with van der Waals surface area (Å²) < 4.78 is 5.41. The molecule has 1 unspecified atom stereocenters. The topological polar surface area (TPSA) is 80.3 Å². The van der Waals surface area contributed by atoms with Crippen molar-refractivity contribution >= 4 is 29.3 Å². The number of nitrogens with zero attached hydrogens (tertiary/aromatic N) is 1. The van der Waals surface area contributed by atoms with Crippen LogP contribution in [0.3, 0.4) is 0 Å². The highest BCUT2D eigenvalue weighted by Crippen LogP contribution is 2.09. The minimum absolute atomic E-state index is 0.137. The lowest BCUT2D eigenvalue weighted by molar-refractivity contribution is -0.127. The van der Waals surface area contributed by atoms with E-state index in [1.54, 1.807) is 48.4 Å². The van der Waals surface area contributed by atoms with Crippen molar-refractivity contribution in [3.8, 4) is 5.75 Å². The summed E-state index contributed by atoms with van der Waals surface area (Å²) in [5.41, 5.74) is 0.643. The molecule has 0 aliphatic carbocycles. The van der Waals surface area contributed by atoms with Crippen LogP contribution in [0.15, 0.2) is 54.9 Å². The van der Waals surface area contributed by atoms with Crippen LogP contribution in [0, 0.1) is 0 Å². The van der Waals surface area contributed by atoms with E-state index >= 15 is 0 Å². The van der Waals surface area contributed by atoms with Gasteiger partial charge in [-0.2, -0.15) is 11.8 Å². The van der Waals surface area contributed by atoms with E-state index in [2.05, 4.69) is 15.6 Å². The molecular weight excluding hydrogens is 338 g/mol. The third-order valence-corrected chi connectivity index (χ3v) is 3.97. The summed E-state index contributed by atoms with van der Waals surface area (Å²) in [6, 6.07) is 11.9. The van der Waals surface area contributed by atoms with Crippen molar-refractivity contribution < 1.29 is 14.3 Å². The molecule has 0 radical (unpaired) electrons. The number of carbonyl (C=O) groups is 2. The standard InChI is InChI=1S/C18H21N3O3S/c1-25-12-9-16(18(23)20-14-7-10-19-11-8-14)21-17(22)13-24-15-5-3-2-4-6-15/h2-8,10-11,16H,9,12-13H2,1H3,(H,21,22)(H,19,20,23). The van der Waals surface area contributed by atoms with Crippen molar-refractivity contribution in [2.24, 2.45) is 0 Å². The van der Waals surface area contributed by atoms with Crippen LogP contribution in [0.2, 0.25) is 0 Å². The Kier molecular flexibility index (Phi) is 7.78. The molecule has 2 amide bonds. The quantitative estimate of drug-likeness (QED) is 0.718. The van der Waals surface area contributed by atoms with Gasteiger partial charge in [-0.25, -0.2) is 0 Å². The molecular formula is C18H21N3O3S. The first-order chi connectivity index (χ1) is 12.2. The highest BCUT2D eigenvalue weighted by Gasteiger charge is 2.20. The molecule has 1 aromatic heterocycles. The van der Waals surface area contributed by atoms with Gasteiger partial charge in [-0.15, -0.1) is 0 Å². The normalized spacial score (nSPS) is 11.4. The number of aromatic nitrogens is 1. The first-order valence-electron chi connectivity index (χ1n) is 7.86. The molecule has 0 saturated carbocycles. The number of hydrogen-bond donors (Lipinski definition) is 2. The van der Waals surface area contributed by atoms with E-state index < -0.39 is 6.04 Å². The Morgan fingerprint density at radius 3 is 2.56 bits per heavy atom. The summed E-state index contributed by atoms with van der Waals surface area (Å²) >= 11 is 1.62. The molecule has 2 N–H and O–H groups in total. The van der Waals surface area contributed by atoms with Gasteiger partial charge in [0.25, 0.3) is 5.91 Å². The minimum Gasteiger partial charge on any atom is -0.484 e. The number of pyridine rings is 1. The Morgan fingerprint density at radius 2 is 1.88 bits per heavy atom. The number of amides is 2. The highest BCUT2D eigenvalue weighted by atomic mass is 32.2. The van der Waals surface area contributed by atoms with Crippen molar-refractivity contribution in [2.45, 2.75) is 12.5 Å². The molecule has 1 atom stereocenters. The lowest BCUT2D eigenvalue weighted by atomic mass is 10.2. The molecule has 6 nitrogen and oxygen atoms in total. The van der Waals surface area contributed by atoms with E-state index in [0.717, 1.165) is 5.75 Å². The molecule has 1 heterocycles. The molecule has 0 aliphatic rings.